The lowest BCUT2D eigenvalue weighted by Gasteiger charge is -2.34. The third kappa shape index (κ3) is 4.44. The van der Waals surface area contributed by atoms with Crippen molar-refractivity contribution in [3.8, 4) is 0 Å². The van der Waals surface area contributed by atoms with Gasteiger partial charge in [0.15, 0.2) is 0 Å². The Morgan fingerprint density at radius 1 is 1.33 bits per heavy atom. The van der Waals surface area contributed by atoms with E-state index in [0.717, 1.165) is 29.9 Å². The van der Waals surface area contributed by atoms with Crippen LogP contribution in [0.3, 0.4) is 0 Å². The molecule has 1 N–H and O–H groups in total. The molecule has 0 bridgehead atoms. The first kappa shape index (κ1) is 16.3. The maximum absolute atomic E-state index is 12.3. The van der Waals surface area contributed by atoms with E-state index in [4.69, 9.17) is 4.52 Å². The largest absolute Gasteiger partial charge is 0.401 e. The predicted octanol–water partition coefficient (Wildman–Crippen LogP) is 2.97. The van der Waals surface area contributed by atoms with Gasteiger partial charge < -0.3 is 9.84 Å². The van der Waals surface area contributed by atoms with Crippen molar-refractivity contribution in [3.05, 3.63) is 17.0 Å². The number of likely N-dealkylation sites (tertiary alicyclic amines) is 1. The highest BCUT2D eigenvalue weighted by molar-refractivity contribution is 5.24. The second-order valence-corrected chi connectivity index (χ2v) is 5.79. The normalized spacial score (nSPS) is 19.9. The van der Waals surface area contributed by atoms with Crippen molar-refractivity contribution in [1.82, 2.24) is 15.4 Å². The Labute approximate surface area is 122 Å². The molecule has 4 nitrogen and oxygen atoms in total. The number of hydrogen-bond donors (Lipinski definition) is 1. The zero-order chi connectivity index (χ0) is 15.6. The molecule has 1 fully saturated rings. The van der Waals surface area contributed by atoms with E-state index in [-0.39, 0.29) is 12.1 Å². The van der Waals surface area contributed by atoms with Crippen molar-refractivity contribution >= 4 is 0 Å². The van der Waals surface area contributed by atoms with Gasteiger partial charge in [0.05, 0.1) is 12.2 Å². The molecule has 1 aliphatic rings. The van der Waals surface area contributed by atoms with Gasteiger partial charge in [-0.3, -0.25) is 4.90 Å². The lowest BCUT2D eigenvalue weighted by atomic mass is 10.0. The van der Waals surface area contributed by atoms with Gasteiger partial charge in [-0.2, -0.15) is 13.2 Å². The minimum absolute atomic E-state index is 0.0930. The van der Waals surface area contributed by atoms with Crippen LogP contribution in [0.25, 0.3) is 0 Å². The second-order valence-electron chi connectivity index (χ2n) is 5.79. The van der Waals surface area contributed by atoms with E-state index in [0.29, 0.717) is 13.1 Å². The first-order valence-corrected chi connectivity index (χ1v) is 7.24. The third-order valence-corrected chi connectivity index (χ3v) is 4.00. The number of hydrogen-bond acceptors (Lipinski definition) is 4. The number of halogens is 3. The summed E-state index contributed by atoms with van der Waals surface area (Å²) in [6.07, 6.45) is -2.65. The highest BCUT2D eigenvalue weighted by Crippen LogP contribution is 2.24. The lowest BCUT2D eigenvalue weighted by Crippen LogP contribution is -2.46. The summed E-state index contributed by atoms with van der Waals surface area (Å²) >= 11 is 0. The van der Waals surface area contributed by atoms with Crippen LogP contribution in [0, 0.1) is 13.8 Å². The summed E-state index contributed by atoms with van der Waals surface area (Å²) < 4.78 is 42.2. The summed E-state index contributed by atoms with van der Waals surface area (Å²) in [5, 5.41) is 7.41. The van der Waals surface area contributed by atoms with E-state index in [9.17, 15) is 13.2 Å². The Balaban J connectivity index is 1.84. The molecule has 1 saturated heterocycles. The first-order valence-electron chi connectivity index (χ1n) is 7.24. The summed E-state index contributed by atoms with van der Waals surface area (Å²) in [6, 6.07) is 0.327. The van der Waals surface area contributed by atoms with Gasteiger partial charge >= 0.3 is 6.18 Å². The summed E-state index contributed by atoms with van der Waals surface area (Å²) in [5.74, 6) is 0.794. The Bertz CT molecular complexity index is 445. The highest BCUT2D eigenvalue weighted by Gasteiger charge is 2.32. The quantitative estimate of drug-likeness (QED) is 0.928. The Hall–Kier alpha value is -1.08. The molecule has 7 heteroatoms. The lowest BCUT2D eigenvalue weighted by molar-refractivity contribution is -0.148. The molecule has 1 aromatic heterocycles. The average Bonchev–Trinajstić information content (AvgIpc) is 2.70. The van der Waals surface area contributed by atoms with E-state index < -0.39 is 12.7 Å². The van der Waals surface area contributed by atoms with Gasteiger partial charge in [0.25, 0.3) is 0 Å². The third-order valence-electron chi connectivity index (χ3n) is 4.00. The van der Waals surface area contributed by atoms with Crippen LogP contribution < -0.4 is 5.32 Å². The van der Waals surface area contributed by atoms with Gasteiger partial charge in [-0.05, 0) is 46.7 Å². The number of aryl methyl sites for hydroxylation is 2. The summed E-state index contributed by atoms with van der Waals surface area (Å²) in [5.41, 5.74) is 1.91. The zero-order valence-corrected chi connectivity index (χ0v) is 12.6. The fraction of sp³-hybridized carbons (Fsp3) is 0.786. The molecule has 0 radical (unpaired) electrons. The summed E-state index contributed by atoms with van der Waals surface area (Å²) in [4.78, 5) is 1.47. The van der Waals surface area contributed by atoms with Crippen LogP contribution in [0.4, 0.5) is 13.2 Å². The minimum Gasteiger partial charge on any atom is -0.361 e. The van der Waals surface area contributed by atoms with Crippen molar-refractivity contribution in [1.29, 1.82) is 0 Å². The van der Waals surface area contributed by atoms with Crippen molar-refractivity contribution in [2.24, 2.45) is 0 Å². The molecule has 0 aliphatic carbocycles. The average molecular weight is 305 g/mol. The number of nitrogens with zero attached hydrogens (tertiary/aromatic N) is 2. The van der Waals surface area contributed by atoms with Crippen LogP contribution in [0.1, 0.15) is 42.8 Å². The summed E-state index contributed by atoms with van der Waals surface area (Å²) in [7, 11) is 0. The van der Waals surface area contributed by atoms with Gasteiger partial charge in [0.2, 0.25) is 0 Å². The molecule has 120 valence electrons. The highest BCUT2D eigenvalue weighted by atomic mass is 19.4. The van der Waals surface area contributed by atoms with E-state index in [1.165, 1.54) is 4.90 Å². The zero-order valence-electron chi connectivity index (χ0n) is 12.6. The molecule has 2 heterocycles. The monoisotopic (exact) mass is 305 g/mol. The van der Waals surface area contributed by atoms with Crippen LogP contribution in [-0.2, 0) is 0 Å². The molecule has 0 amide bonds. The van der Waals surface area contributed by atoms with E-state index in [1.54, 1.807) is 0 Å². The van der Waals surface area contributed by atoms with Gasteiger partial charge in [0.1, 0.15) is 5.76 Å². The molecule has 21 heavy (non-hydrogen) atoms. The molecule has 1 aromatic rings. The molecule has 2 rings (SSSR count). The molecular weight excluding hydrogens is 283 g/mol. The topological polar surface area (TPSA) is 41.3 Å². The van der Waals surface area contributed by atoms with Gasteiger partial charge in [-0.25, -0.2) is 0 Å². The smallest absolute Gasteiger partial charge is 0.361 e. The van der Waals surface area contributed by atoms with Crippen LogP contribution in [0.15, 0.2) is 4.52 Å². The summed E-state index contributed by atoms with van der Waals surface area (Å²) in [6.45, 7) is 5.96. The van der Waals surface area contributed by atoms with Crippen molar-refractivity contribution < 1.29 is 17.7 Å². The molecule has 0 saturated carbocycles. The van der Waals surface area contributed by atoms with Crippen molar-refractivity contribution in [3.63, 3.8) is 0 Å². The Morgan fingerprint density at radius 2 is 1.95 bits per heavy atom. The van der Waals surface area contributed by atoms with E-state index in [1.807, 2.05) is 20.8 Å². The number of alkyl halides is 3. The number of rotatable bonds is 4. The number of piperidine rings is 1. The fourth-order valence-electron chi connectivity index (χ4n) is 3.06. The van der Waals surface area contributed by atoms with Crippen LogP contribution in [0.2, 0.25) is 0 Å². The molecular formula is C14H22F3N3O. The molecule has 0 spiro atoms. The first-order chi connectivity index (χ1) is 9.76. The SMILES string of the molecule is Cc1noc(C)c1C(C)NC1CCN(CC(F)(F)F)CC1. The van der Waals surface area contributed by atoms with Gasteiger partial charge in [0, 0.05) is 17.6 Å². The second kappa shape index (κ2) is 6.36. The molecule has 1 atom stereocenters. The Morgan fingerprint density at radius 3 is 2.43 bits per heavy atom. The maximum Gasteiger partial charge on any atom is 0.401 e. The number of nitrogens with one attached hydrogen (secondary N) is 1. The molecule has 1 unspecified atom stereocenters. The van der Waals surface area contributed by atoms with Crippen LogP contribution in [0.5, 0.6) is 0 Å². The molecule has 0 aromatic carbocycles. The fourth-order valence-corrected chi connectivity index (χ4v) is 3.06. The number of aromatic nitrogens is 1. The van der Waals surface area contributed by atoms with E-state index in [2.05, 4.69) is 10.5 Å². The van der Waals surface area contributed by atoms with Crippen LogP contribution in [-0.4, -0.2) is 41.9 Å². The molecule has 1 aliphatic heterocycles. The minimum atomic E-state index is -4.11. The predicted molar refractivity (Wildman–Crippen MR) is 73.0 cm³/mol. The van der Waals surface area contributed by atoms with Crippen molar-refractivity contribution in [2.75, 3.05) is 19.6 Å². The van der Waals surface area contributed by atoms with Crippen LogP contribution >= 0.6 is 0 Å². The van der Waals surface area contributed by atoms with E-state index >= 15 is 0 Å². The Kier molecular flexibility index (Phi) is 4.93. The van der Waals surface area contributed by atoms with Gasteiger partial charge in [-0.1, -0.05) is 5.16 Å². The maximum atomic E-state index is 12.3. The standard InChI is InChI=1S/C14H22F3N3O/c1-9(13-10(2)19-21-11(13)3)18-12-4-6-20(7-5-12)8-14(15,16)17/h9,12,18H,4-8H2,1-3H3. The van der Waals surface area contributed by atoms with Gasteiger partial charge in [-0.15, -0.1) is 0 Å². The van der Waals surface area contributed by atoms with Crippen molar-refractivity contribution in [2.45, 2.75) is 51.9 Å².